The minimum atomic E-state index is -4.11. The first-order valence-corrected chi connectivity index (χ1v) is 16.9. The molecular formula is C29H59O8P. The molecule has 8 nitrogen and oxygen atoms in total. The Morgan fingerprint density at radius 3 is 1.63 bits per heavy atom. The van der Waals surface area contributed by atoms with Gasteiger partial charge >= 0.3 is 13.8 Å². The summed E-state index contributed by atoms with van der Waals surface area (Å²) in [6, 6.07) is 0. The van der Waals surface area contributed by atoms with E-state index in [0.29, 0.717) is 32.5 Å². The molecule has 0 aromatic rings. The number of carboxylic acids is 1. The van der Waals surface area contributed by atoms with Gasteiger partial charge in [-0.1, -0.05) is 110 Å². The average molecular weight is 567 g/mol. The minimum absolute atomic E-state index is 0.0942. The van der Waals surface area contributed by atoms with Crippen LogP contribution in [-0.4, -0.2) is 55.1 Å². The van der Waals surface area contributed by atoms with E-state index in [1.54, 1.807) is 0 Å². The van der Waals surface area contributed by atoms with Crippen LogP contribution in [0.3, 0.4) is 0 Å². The Kier molecular flexibility index (Phi) is 27.7. The van der Waals surface area contributed by atoms with E-state index in [1.165, 1.54) is 89.9 Å². The van der Waals surface area contributed by atoms with Crippen LogP contribution >= 0.6 is 7.82 Å². The molecule has 0 aromatic carbocycles. The van der Waals surface area contributed by atoms with Crippen LogP contribution in [-0.2, 0) is 27.9 Å². The predicted molar refractivity (Wildman–Crippen MR) is 154 cm³/mol. The van der Waals surface area contributed by atoms with Crippen molar-refractivity contribution in [1.82, 2.24) is 0 Å². The van der Waals surface area contributed by atoms with Crippen molar-refractivity contribution in [2.75, 3.05) is 33.0 Å². The van der Waals surface area contributed by atoms with Gasteiger partial charge in [0.15, 0.2) is 0 Å². The lowest BCUT2D eigenvalue weighted by atomic mass is 10.0. The first kappa shape index (κ1) is 37.5. The number of hydrogen-bond donors (Lipinski definition) is 2. The normalized spacial score (nSPS) is 14.0. The summed E-state index contributed by atoms with van der Waals surface area (Å²) in [5.41, 5.74) is 0. The Morgan fingerprint density at radius 1 is 0.632 bits per heavy atom. The van der Waals surface area contributed by atoms with Gasteiger partial charge in [-0.15, -0.1) is 0 Å². The second-order valence-corrected chi connectivity index (χ2v) is 11.8. The van der Waals surface area contributed by atoms with Gasteiger partial charge in [-0.2, -0.15) is 0 Å². The van der Waals surface area contributed by atoms with E-state index < -0.39 is 19.9 Å². The first-order chi connectivity index (χ1) is 18.4. The summed E-state index contributed by atoms with van der Waals surface area (Å²) in [6.07, 6.45) is 22.5. The molecule has 0 spiro atoms. The van der Waals surface area contributed by atoms with Crippen molar-refractivity contribution in [3.05, 3.63) is 0 Å². The van der Waals surface area contributed by atoms with E-state index in [1.807, 2.05) is 6.92 Å². The van der Waals surface area contributed by atoms with Gasteiger partial charge in [-0.05, 0) is 25.7 Å². The van der Waals surface area contributed by atoms with Crippen LogP contribution in [0.25, 0.3) is 0 Å². The van der Waals surface area contributed by atoms with Gasteiger partial charge in [0.1, 0.15) is 6.10 Å². The molecule has 2 unspecified atom stereocenters. The summed E-state index contributed by atoms with van der Waals surface area (Å²) in [4.78, 5) is 20.4. The van der Waals surface area contributed by atoms with E-state index in [4.69, 9.17) is 23.6 Å². The van der Waals surface area contributed by atoms with Gasteiger partial charge in [0.25, 0.3) is 0 Å². The van der Waals surface area contributed by atoms with Crippen molar-refractivity contribution in [2.24, 2.45) is 0 Å². The van der Waals surface area contributed by atoms with Crippen LogP contribution in [0.2, 0.25) is 0 Å². The number of phosphoric acid groups is 1. The molecule has 228 valence electrons. The number of hydrogen-bond acceptors (Lipinski definition) is 6. The lowest BCUT2D eigenvalue weighted by Crippen LogP contribution is -2.26. The van der Waals surface area contributed by atoms with Crippen LogP contribution in [0, 0.1) is 0 Å². The van der Waals surface area contributed by atoms with E-state index in [0.717, 1.165) is 12.8 Å². The Morgan fingerprint density at radius 2 is 1.13 bits per heavy atom. The summed E-state index contributed by atoms with van der Waals surface area (Å²) < 4.78 is 33.3. The fourth-order valence-electron chi connectivity index (χ4n) is 4.16. The average Bonchev–Trinajstić information content (AvgIpc) is 2.89. The highest BCUT2D eigenvalue weighted by Gasteiger charge is 2.23. The van der Waals surface area contributed by atoms with Crippen molar-refractivity contribution in [2.45, 2.75) is 148 Å². The molecule has 0 fully saturated rings. The zero-order valence-electron chi connectivity index (χ0n) is 24.5. The summed E-state index contributed by atoms with van der Waals surface area (Å²) in [5.74, 6) is -0.832. The van der Waals surface area contributed by atoms with Crippen molar-refractivity contribution in [1.29, 1.82) is 0 Å². The van der Waals surface area contributed by atoms with E-state index in [2.05, 4.69) is 6.92 Å². The minimum Gasteiger partial charge on any atom is -0.481 e. The molecule has 0 bridgehead atoms. The summed E-state index contributed by atoms with van der Waals surface area (Å²) in [7, 11) is -4.11. The maximum Gasteiger partial charge on any atom is 0.472 e. The van der Waals surface area contributed by atoms with Crippen LogP contribution in [0.1, 0.15) is 142 Å². The number of phosphoric ester groups is 1. The van der Waals surface area contributed by atoms with E-state index in [-0.39, 0.29) is 26.2 Å². The number of aliphatic carboxylic acids is 1. The molecular weight excluding hydrogens is 507 g/mol. The fourth-order valence-corrected chi connectivity index (χ4v) is 5.00. The monoisotopic (exact) mass is 566 g/mol. The Bertz CT molecular complexity index is 561. The Hall–Kier alpha value is -0.500. The highest BCUT2D eigenvalue weighted by molar-refractivity contribution is 7.47. The van der Waals surface area contributed by atoms with Crippen LogP contribution in [0.15, 0.2) is 0 Å². The molecule has 0 saturated heterocycles. The lowest BCUT2D eigenvalue weighted by molar-refractivity contribution is -0.137. The Balaban J connectivity index is 3.78. The van der Waals surface area contributed by atoms with Crippen molar-refractivity contribution in [3.63, 3.8) is 0 Å². The predicted octanol–water partition coefficient (Wildman–Crippen LogP) is 8.45. The number of ether oxygens (including phenoxy) is 2. The molecule has 0 heterocycles. The third kappa shape index (κ3) is 28.5. The third-order valence-electron chi connectivity index (χ3n) is 6.47. The Labute approximate surface area is 233 Å². The maximum atomic E-state index is 11.9. The van der Waals surface area contributed by atoms with Gasteiger partial charge in [0.2, 0.25) is 0 Å². The smallest absolute Gasteiger partial charge is 0.472 e. The first-order valence-electron chi connectivity index (χ1n) is 15.4. The van der Waals surface area contributed by atoms with Gasteiger partial charge < -0.3 is 19.5 Å². The highest BCUT2D eigenvalue weighted by Crippen LogP contribution is 2.43. The fraction of sp³-hybridized carbons (Fsp3) is 0.966. The number of carboxylic acid groups (broad SMARTS) is 1. The number of unbranched alkanes of at least 4 members (excludes halogenated alkanes) is 16. The van der Waals surface area contributed by atoms with Crippen molar-refractivity contribution < 1.29 is 37.9 Å². The second kappa shape index (κ2) is 28.0. The summed E-state index contributed by atoms with van der Waals surface area (Å²) in [6.45, 7) is 5.35. The molecule has 0 rings (SSSR count). The number of carbonyl (C=O) groups is 1. The van der Waals surface area contributed by atoms with Gasteiger partial charge in [-0.25, -0.2) is 4.57 Å². The van der Waals surface area contributed by atoms with Crippen LogP contribution < -0.4 is 0 Å². The molecule has 2 N–H and O–H groups in total. The number of rotatable bonds is 31. The van der Waals surface area contributed by atoms with Crippen LogP contribution in [0.4, 0.5) is 0 Å². The molecule has 0 aliphatic carbocycles. The maximum absolute atomic E-state index is 11.9. The summed E-state index contributed by atoms with van der Waals surface area (Å²) in [5, 5.41) is 8.73. The molecule has 9 heteroatoms. The molecule has 2 atom stereocenters. The largest absolute Gasteiger partial charge is 0.481 e. The molecule has 0 saturated carbocycles. The molecule has 0 radical (unpaired) electrons. The van der Waals surface area contributed by atoms with E-state index in [9.17, 15) is 14.3 Å². The summed E-state index contributed by atoms with van der Waals surface area (Å²) >= 11 is 0. The zero-order chi connectivity index (χ0) is 28.2. The topological polar surface area (TPSA) is 112 Å². The van der Waals surface area contributed by atoms with Gasteiger partial charge in [0.05, 0.1) is 19.8 Å². The zero-order valence-corrected chi connectivity index (χ0v) is 25.4. The van der Waals surface area contributed by atoms with Crippen LogP contribution in [0.5, 0.6) is 0 Å². The molecule has 0 aliphatic rings. The lowest BCUT2D eigenvalue weighted by Gasteiger charge is -2.20. The highest BCUT2D eigenvalue weighted by atomic mass is 31.2. The van der Waals surface area contributed by atoms with Crippen molar-refractivity contribution in [3.8, 4) is 0 Å². The van der Waals surface area contributed by atoms with Crippen molar-refractivity contribution >= 4 is 13.8 Å². The quantitative estimate of drug-likeness (QED) is 0.0635. The second-order valence-electron chi connectivity index (χ2n) is 10.3. The molecule has 38 heavy (non-hydrogen) atoms. The van der Waals surface area contributed by atoms with Gasteiger partial charge in [0, 0.05) is 19.6 Å². The molecule has 0 aliphatic heterocycles. The molecule has 0 aromatic heterocycles. The van der Waals surface area contributed by atoms with Gasteiger partial charge in [-0.3, -0.25) is 13.8 Å². The van der Waals surface area contributed by atoms with E-state index >= 15 is 0 Å². The third-order valence-corrected chi connectivity index (χ3v) is 7.45. The standard InChI is InChI=1S/C29H59O8P/c1-3-5-6-7-8-9-10-11-12-13-14-15-16-17-18-20-24-34-26-28(35-25-21-19-22-29(30)31)27-37-38(32,33)36-23-4-2/h28H,3-27H2,1-2H3,(H,30,31)(H,32,33). The molecule has 0 amide bonds. The SMILES string of the molecule is CCCCCCCCCCCCCCCCCCOCC(COP(=O)(O)OCCC)OCCCCC(=O)O.